The van der Waals surface area contributed by atoms with Gasteiger partial charge in [0.25, 0.3) is 12.9 Å². The molecule has 1 aliphatic carbocycles. The second-order valence-electron chi connectivity index (χ2n) is 7.83. The van der Waals surface area contributed by atoms with Gasteiger partial charge in [0.15, 0.2) is 0 Å². The summed E-state index contributed by atoms with van der Waals surface area (Å²) in [4.78, 5) is 26.8. The maximum atomic E-state index is 13.5. The number of anilines is 1. The summed E-state index contributed by atoms with van der Waals surface area (Å²) < 4.78 is 59.3. The van der Waals surface area contributed by atoms with Crippen LogP contribution in [0.4, 0.5) is 22.6 Å². The number of halogens is 5. The highest BCUT2D eigenvalue weighted by Gasteiger charge is 2.33. The van der Waals surface area contributed by atoms with Crippen LogP contribution < -0.4 is 5.32 Å². The zero-order valence-corrected chi connectivity index (χ0v) is 19.8. The molecule has 0 bridgehead atoms. The normalized spacial score (nSPS) is 15.5. The van der Waals surface area contributed by atoms with Crippen molar-refractivity contribution < 1.29 is 31.9 Å². The van der Waals surface area contributed by atoms with Crippen molar-refractivity contribution >= 4 is 39.8 Å². The van der Waals surface area contributed by atoms with Crippen LogP contribution in [0.3, 0.4) is 0 Å². The van der Waals surface area contributed by atoms with Crippen molar-refractivity contribution in [1.82, 2.24) is 9.78 Å². The van der Waals surface area contributed by atoms with E-state index in [-0.39, 0.29) is 16.7 Å². The second kappa shape index (κ2) is 10.4. The fourth-order valence-electron chi connectivity index (χ4n) is 3.60. The molecular weight excluding hydrogens is 486 g/mol. The lowest BCUT2D eigenvalue weighted by Gasteiger charge is -2.17. The molecule has 182 valence electrons. The van der Waals surface area contributed by atoms with Gasteiger partial charge in [0, 0.05) is 4.88 Å². The number of aromatic nitrogens is 2. The topological polar surface area (TPSA) is 73.2 Å². The minimum absolute atomic E-state index is 0.248. The molecule has 2 unspecified atom stereocenters. The van der Waals surface area contributed by atoms with Crippen LogP contribution in [0.1, 0.15) is 91.1 Å². The average Bonchev–Trinajstić information content (AvgIpc) is 3.30. The maximum Gasteiger partial charge on any atom is 0.341 e. The van der Waals surface area contributed by atoms with E-state index in [2.05, 4.69) is 10.4 Å². The van der Waals surface area contributed by atoms with Gasteiger partial charge in [-0.2, -0.15) is 5.10 Å². The molecule has 1 aliphatic rings. The summed E-state index contributed by atoms with van der Waals surface area (Å²) in [5.41, 5.74) is -0.901. The zero-order chi connectivity index (χ0) is 24.4. The lowest BCUT2D eigenvalue weighted by Crippen LogP contribution is -2.27. The molecule has 2 heterocycles. The summed E-state index contributed by atoms with van der Waals surface area (Å²) in [5.74, 6) is -1.37. The first-order chi connectivity index (χ1) is 15.6. The largest absolute Gasteiger partial charge is 0.459 e. The molecule has 2 atom stereocenters. The van der Waals surface area contributed by atoms with Crippen LogP contribution in [0.25, 0.3) is 0 Å². The number of aryl methyl sites for hydroxylation is 1. The smallest absolute Gasteiger partial charge is 0.341 e. The number of hydrogen-bond acceptors (Lipinski definition) is 5. The number of nitrogens with zero attached hydrogens (tertiary/aromatic N) is 2. The number of esters is 1. The first kappa shape index (κ1) is 25.5. The van der Waals surface area contributed by atoms with Crippen LogP contribution in [-0.4, -0.2) is 27.8 Å². The van der Waals surface area contributed by atoms with Crippen molar-refractivity contribution in [2.24, 2.45) is 0 Å². The fraction of sp³-hybridized carbons (Fsp3) is 0.571. The maximum absolute atomic E-state index is 13.5. The molecular formula is C21H24ClF4N3O3S. The third kappa shape index (κ3) is 5.18. The van der Waals surface area contributed by atoms with Crippen molar-refractivity contribution in [1.29, 1.82) is 0 Å². The van der Waals surface area contributed by atoms with Crippen LogP contribution in [-0.2, 0) is 22.4 Å². The van der Waals surface area contributed by atoms with Gasteiger partial charge in [-0.3, -0.25) is 4.79 Å². The summed E-state index contributed by atoms with van der Waals surface area (Å²) in [7, 11) is 0. The van der Waals surface area contributed by atoms with Gasteiger partial charge in [0.2, 0.25) is 5.91 Å². The Hall–Kier alpha value is -2.14. The lowest BCUT2D eigenvalue weighted by atomic mass is 9.95. The molecule has 1 amide bonds. The number of alkyl halides is 4. The van der Waals surface area contributed by atoms with Gasteiger partial charge < -0.3 is 10.1 Å². The summed E-state index contributed by atoms with van der Waals surface area (Å²) in [5, 5.41) is 5.45. The molecule has 0 aromatic carbocycles. The van der Waals surface area contributed by atoms with E-state index in [1.807, 2.05) is 6.92 Å². The van der Waals surface area contributed by atoms with E-state index in [0.717, 1.165) is 29.7 Å². The standard InChI is InChI=1S/C21H24ClF4N3O3S/c1-4-9(2)32-21(31)13-11-7-5-6-8-12(11)33-20(13)27-19(30)10(3)29-16(18(25)26)14(22)15(28-29)17(23)24/h9-10,17-18H,4-8H2,1-3H3,(H,27,30). The Morgan fingerprint density at radius 2 is 1.85 bits per heavy atom. The van der Waals surface area contributed by atoms with E-state index in [4.69, 9.17) is 16.3 Å². The molecule has 0 spiro atoms. The van der Waals surface area contributed by atoms with E-state index in [0.29, 0.717) is 17.5 Å². The molecule has 6 nitrogen and oxygen atoms in total. The van der Waals surface area contributed by atoms with Crippen LogP contribution in [0.2, 0.25) is 5.02 Å². The second-order valence-corrected chi connectivity index (χ2v) is 9.32. The Balaban J connectivity index is 1.94. The minimum Gasteiger partial charge on any atom is -0.459 e. The molecule has 0 saturated heterocycles. The first-order valence-electron chi connectivity index (χ1n) is 10.6. The number of thiophene rings is 1. The Morgan fingerprint density at radius 1 is 1.18 bits per heavy atom. The highest BCUT2D eigenvalue weighted by molar-refractivity contribution is 7.17. The Labute approximate surface area is 197 Å². The molecule has 3 rings (SSSR count). The molecule has 0 radical (unpaired) electrons. The number of hydrogen-bond donors (Lipinski definition) is 1. The Bertz CT molecular complexity index is 1040. The zero-order valence-electron chi connectivity index (χ0n) is 18.3. The summed E-state index contributed by atoms with van der Waals surface area (Å²) >= 11 is 6.92. The van der Waals surface area contributed by atoms with Gasteiger partial charge >= 0.3 is 5.97 Å². The van der Waals surface area contributed by atoms with E-state index in [1.165, 1.54) is 18.3 Å². The number of carbonyl (C=O) groups is 2. The summed E-state index contributed by atoms with van der Waals surface area (Å²) in [6.07, 6.45) is -2.89. The van der Waals surface area contributed by atoms with Crippen molar-refractivity contribution in [3.05, 3.63) is 32.4 Å². The minimum atomic E-state index is -3.22. The molecule has 1 N–H and O–H groups in total. The van der Waals surface area contributed by atoms with Crippen LogP contribution in [0.5, 0.6) is 0 Å². The number of ether oxygens (including phenoxy) is 1. The lowest BCUT2D eigenvalue weighted by molar-refractivity contribution is -0.119. The van der Waals surface area contributed by atoms with Gasteiger partial charge in [-0.1, -0.05) is 18.5 Å². The van der Waals surface area contributed by atoms with E-state index in [9.17, 15) is 27.2 Å². The Morgan fingerprint density at radius 3 is 2.45 bits per heavy atom. The molecule has 0 fully saturated rings. The van der Waals surface area contributed by atoms with Crippen molar-refractivity contribution in [3.8, 4) is 0 Å². The predicted octanol–water partition coefficient (Wildman–Crippen LogP) is 6.51. The van der Waals surface area contributed by atoms with Gasteiger partial charge in [-0.25, -0.2) is 27.0 Å². The van der Waals surface area contributed by atoms with E-state index < -0.39 is 47.2 Å². The average molecular weight is 510 g/mol. The summed E-state index contributed by atoms with van der Waals surface area (Å²) in [6.45, 7) is 4.87. The van der Waals surface area contributed by atoms with Gasteiger partial charge in [-0.05, 0) is 51.5 Å². The first-order valence-corrected chi connectivity index (χ1v) is 11.8. The summed E-state index contributed by atoms with van der Waals surface area (Å²) in [6, 6.07) is -1.39. The van der Waals surface area contributed by atoms with Gasteiger partial charge in [-0.15, -0.1) is 11.3 Å². The third-order valence-electron chi connectivity index (χ3n) is 5.57. The SMILES string of the molecule is CCC(C)OC(=O)c1c(NC(=O)C(C)n2nc(C(F)F)c(Cl)c2C(F)F)sc2c1CCCC2. The van der Waals surface area contributed by atoms with E-state index >= 15 is 0 Å². The molecule has 12 heteroatoms. The van der Waals surface area contributed by atoms with Crippen molar-refractivity contribution in [2.75, 3.05) is 5.32 Å². The van der Waals surface area contributed by atoms with Gasteiger partial charge in [0.05, 0.1) is 16.7 Å². The van der Waals surface area contributed by atoms with Crippen molar-refractivity contribution in [2.45, 2.75) is 77.9 Å². The molecule has 0 aliphatic heterocycles. The van der Waals surface area contributed by atoms with Crippen LogP contribution >= 0.6 is 22.9 Å². The number of amides is 1. The quantitative estimate of drug-likeness (QED) is 0.325. The third-order valence-corrected chi connectivity index (χ3v) is 7.16. The number of carbonyl (C=O) groups excluding carboxylic acids is 2. The predicted molar refractivity (Wildman–Crippen MR) is 117 cm³/mol. The number of rotatable bonds is 8. The molecule has 2 aromatic rings. The molecule has 33 heavy (non-hydrogen) atoms. The highest BCUT2D eigenvalue weighted by atomic mass is 35.5. The highest BCUT2D eigenvalue weighted by Crippen LogP contribution is 2.40. The fourth-order valence-corrected chi connectivity index (χ4v) is 5.17. The molecule has 0 saturated carbocycles. The van der Waals surface area contributed by atoms with Gasteiger partial charge in [0.1, 0.15) is 22.4 Å². The van der Waals surface area contributed by atoms with Crippen LogP contribution in [0, 0.1) is 0 Å². The monoisotopic (exact) mass is 509 g/mol. The van der Waals surface area contributed by atoms with E-state index in [1.54, 1.807) is 6.92 Å². The number of nitrogens with one attached hydrogen (secondary N) is 1. The van der Waals surface area contributed by atoms with Crippen LogP contribution in [0.15, 0.2) is 0 Å². The van der Waals surface area contributed by atoms with Crippen molar-refractivity contribution in [3.63, 3.8) is 0 Å². The Kier molecular flexibility index (Phi) is 8.04. The number of fused-ring (bicyclic) bond motifs is 1. The molecule has 2 aromatic heterocycles.